The maximum absolute atomic E-state index is 13.5. The highest BCUT2D eigenvalue weighted by atomic mass is 32.2. The van der Waals surface area contributed by atoms with Crippen molar-refractivity contribution in [3.05, 3.63) is 53.6 Å². The number of halogens is 3. The molecule has 4 rings (SSSR count). The van der Waals surface area contributed by atoms with Gasteiger partial charge in [-0.05, 0) is 63.1 Å². The fraction of sp³-hybridized carbons (Fsp3) is 0.536. The molecule has 0 aliphatic carbocycles. The van der Waals surface area contributed by atoms with Crippen molar-refractivity contribution in [1.29, 1.82) is 0 Å². The Morgan fingerprint density at radius 2 is 1.62 bits per heavy atom. The lowest BCUT2D eigenvalue weighted by Crippen LogP contribution is -2.47. The van der Waals surface area contributed by atoms with Crippen LogP contribution in [0.3, 0.4) is 0 Å². The Kier molecular flexibility index (Phi) is 9.10. The number of aryl methyl sites for hydroxylation is 1. The third-order valence-corrected chi connectivity index (χ3v) is 8.69. The molecule has 0 atom stereocenters. The summed E-state index contributed by atoms with van der Waals surface area (Å²) >= 11 is 0. The standard InChI is InChI=1S/C28H37F3N4O3S/c1-21-5-8-24(9-6-21)34-18-16-33(17-19-34)13-3-4-27(36)35-14-11-22(12-15-35)32-23-7-10-26(39(2,37)38)25(20-23)28(29,30)31/h5-10,20,22,32H,3-4,11-19H2,1-2H3. The molecular formula is C28H37F3N4O3S. The van der Waals surface area contributed by atoms with E-state index >= 15 is 0 Å². The number of sulfone groups is 1. The Labute approximate surface area is 228 Å². The molecule has 2 aromatic rings. The molecule has 7 nitrogen and oxygen atoms in total. The van der Waals surface area contributed by atoms with Gasteiger partial charge in [0.1, 0.15) is 0 Å². The lowest BCUT2D eigenvalue weighted by molar-refractivity contribution is -0.139. The van der Waals surface area contributed by atoms with Crippen molar-refractivity contribution in [2.24, 2.45) is 0 Å². The number of benzene rings is 2. The van der Waals surface area contributed by atoms with Gasteiger partial charge in [0, 0.05) is 69.4 Å². The zero-order valence-electron chi connectivity index (χ0n) is 22.5. The summed E-state index contributed by atoms with van der Waals surface area (Å²) in [6.45, 7) is 7.94. The van der Waals surface area contributed by atoms with Crippen LogP contribution in [0.2, 0.25) is 0 Å². The van der Waals surface area contributed by atoms with E-state index in [2.05, 4.69) is 46.3 Å². The lowest BCUT2D eigenvalue weighted by Gasteiger charge is -2.36. The van der Waals surface area contributed by atoms with Crippen molar-refractivity contribution >= 4 is 27.1 Å². The number of carbonyl (C=O) groups excluding carboxylic acids is 1. The van der Waals surface area contributed by atoms with Crippen LogP contribution in [0.5, 0.6) is 0 Å². The van der Waals surface area contributed by atoms with E-state index in [1.807, 2.05) is 4.90 Å². The molecule has 214 valence electrons. The molecule has 0 radical (unpaired) electrons. The van der Waals surface area contributed by atoms with E-state index in [1.54, 1.807) is 0 Å². The predicted octanol–water partition coefficient (Wildman–Crippen LogP) is 4.42. The molecule has 0 saturated carbocycles. The van der Waals surface area contributed by atoms with E-state index in [9.17, 15) is 26.4 Å². The van der Waals surface area contributed by atoms with Crippen LogP contribution < -0.4 is 10.2 Å². The van der Waals surface area contributed by atoms with E-state index in [1.165, 1.54) is 17.3 Å². The minimum atomic E-state index is -4.78. The number of nitrogens with zero attached hydrogens (tertiary/aromatic N) is 3. The first-order valence-electron chi connectivity index (χ1n) is 13.4. The summed E-state index contributed by atoms with van der Waals surface area (Å²) in [6, 6.07) is 11.7. The first kappa shape index (κ1) is 29.2. The van der Waals surface area contributed by atoms with Gasteiger partial charge in [-0.2, -0.15) is 13.2 Å². The van der Waals surface area contributed by atoms with Crippen LogP contribution in [0.25, 0.3) is 0 Å². The number of piperidine rings is 1. The first-order valence-corrected chi connectivity index (χ1v) is 15.3. The van der Waals surface area contributed by atoms with Crippen LogP contribution in [-0.2, 0) is 20.8 Å². The van der Waals surface area contributed by atoms with Gasteiger partial charge in [-0.15, -0.1) is 0 Å². The lowest BCUT2D eigenvalue weighted by atomic mass is 10.0. The summed E-state index contributed by atoms with van der Waals surface area (Å²) in [5.41, 5.74) is 1.56. The maximum Gasteiger partial charge on any atom is 0.417 e. The van der Waals surface area contributed by atoms with Gasteiger partial charge in [-0.3, -0.25) is 9.69 Å². The zero-order chi connectivity index (χ0) is 28.2. The average Bonchev–Trinajstić information content (AvgIpc) is 2.89. The van der Waals surface area contributed by atoms with Gasteiger partial charge < -0.3 is 15.1 Å². The Morgan fingerprint density at radius 3 is 2.21 bits per heavy atom. The molecule has 0 unspecified atom stereocenters. The van der Waals surface area contributed by atoms with Gasteiger partial charge in [-0.25, -0.2) is 8.42 Å². The normalized spacial score (nSPS) is 17.9. The van der Waals surface area contributed by atoms with Crippen molar-refractivity contribution in [2.75, 3.05) is 62.3 Å². The quantitative estimate of drug-likeness (QED) is 0.510. The number of piperazine rings is 1. The molecule has 2 saturated heterocycles. The van der Waals surface area contributed by atoms with E-state index in [0.29, 0.717) is 32.4 Å². The summed E-state index contributed by atoms with van der Waals surface area (Å²) in [4.78, 5) is 18.7. The largest absolute Gasteiger partial charge is 0.417 e. The van der Waals surface area contributed by atoms with Crippen LogP contribution in [0, 0.1) is 6.92 Å². The molecule has 2 fully saturated rings. The molecule has 1 amide bonds. The van der Waals surface area contributed by atoms with Gasteiger partial charge in [0.25, 0.3) is 0 Å². The highest BCUT2D eigenvalue weighted by Gasteiger charge is 2.36. The Morgan fingerprint density at radius 1 is 0.974 bits per heavy atom. The Hall–Kier alpha value is -2.79. The molecular weight excluding hydrogens is 529 g/mol. The molecule has 2 aliphatic heterocycles. The van der Waals surface area contributed by atoms with Crippen LogP contribution >= 0.6 is 0 Å². The van der Waals surface area contributed by atoms with E-state index in [0.717, 1.165) is 57.5 Å². The SMILES string of the molecule is Cc1ccc(N2CCN(CCCC(=O)N3CCC(Nc4ccc(S(C)(=O)=O)c(C(F)(F)F)c4)CC3)CC2)cc1. The number of likely N-dealkylation sites (tertiary alicyclic amines) is 1. The molecule has 2 aliphatic rings. The number of hydrogen-bond donors (Lipinski definition) is 1. The zero-order valence-corrected chi connectivity index (χ0v) is 23.3. The number of amides is 1. The third kappa shape index (κ3) is 7.88. The highest BCUT2D eigenvalue weighted by molar-refractivity contribution is 7.90. The molecule has 0 aromatic heterocycles. The van der Waals surface area contributed by atoms with Crippen LogP contribution in [0.1, 0.15) is 36.8 Å². The molecule has 2 aromatic carbocycles. The van der Waals surface area contributed by atoms with Crippen molar-refractivity contribution in [2.45, 2.75) is 49.7 Å². The van der Waals surface area contributed by atoms with E-state index in [-0.39, 0.29) is 17.6 Å². The van der Waals surface area contributed by atoms with E-state index < -0.39 is 26.5 Å². The summed E-state index contributed by atoms with van der Waals surface area (Å²) in [7, 11) is -4.01. The second-order valence-corrected chi connectivity index (χ2v) is 12.5. The van der Waals surface area contributed by atoms with Gasteiger partial charge in [0.2, 0.25) is 5.91 Å². The monoisotopic (exact) mass is 566 g/mol. The van der Waals surface area contributed by atoms with E-state index in [4.69, 9.17) is 0 Å². The summed E-state index contributed by atoms with van der Waals surface area (Å²) in [6.07, 6.45) is -1.50. The fourth-order valence-corrected chi connectivity index (χ4v) is 6.16. The number of carbonyl (C=O) groups is 1. The molecule has 39 heavy (non-hydrogen) atoms. The smallest absolute Gasteiger partial charge is 0.382 e. The number of alkyl halides is 3. The van der Waals surface area contributed by atoms with Crippen LogP contribution in [-0.4, -0.2) is 82.2 Å². The van der Waals surface area contributed by atoms with Crippen LogP contribution in [0.15, 0.2) is 47.4 Å². The molecule has 2 heterocycles. The third-order valence-electron chi connectivity index (χ3n) is 7.54. The number of hydrogen-bond acceptors (Lipinski definition) is 6. The predicted molar refractivity (Wildman–Crippen MR) is 147 cm³/mol. The summed E-state index contributed by atoms with van der Waals surface area (Å²) in [5, 5.41) is 3.09. The maximum atomic E-state index is 13.5. The van der Waals surface area contributed by atoms with Gasteiger partial charge in [0.05, 0.1) is 10.5 Å². The molecule has 0 spiro atoms. The van der Waals surface area contributed by atoms with Crippen LogP contribution in [0.4, 0.5) is 24.5 Å². The first-order chi connectivity index (χ1) is 18.4. The number of anilines is 2. The van der Waals surface area contributed by atoms with Crippen molar-refractivity contribution in [1.82, 2.24) is 9.80 Å². The van der Waals surface area contributed by atoms with Crippen molar-refractivity contribution in [3.8, 4) is 0 Å². The van der Waals surface area contributed by atoms with Gasteiger partial charge in [-0.1, -0.05) is 17.7 Å². The molecule has 1 N–H and O–H groups in total. The topological polar surface area (TPSA) is 73.0 Å². The second-order valence-electron chi connectivity index (χ2n) is 10.5. The summed E-state index contributed by atoms with van der Waals surface area (Å²) in [5.74, 6) is 0.114. The molecule has 0 bridgehead atoms. The Balaban J connectivity index is 1.18. The minimum absolute atomic E-state index is 0.0935. The highest BCUT2D eigenvalue weighted by Crippen LogP contribution is 2.36. The second kappa shape index (κ2) is 12.2. The fourth-order valence-electron chi connectivity index (χ4n) is 5.27. The van der Waals surface area contributed by atoms with Gasteiger partial charge in [0.15, 0.2) is 9.84 Å². The van der Waals surface area contributed by atoms with Gasteiger partial charge >= 0.3 is 6.18 Å². The number of nitrogens with one attached hydrogen (secondary N) is 1. The van der Waals surface area contributed by atoms with Crippen molar-refractivity contribution in [3.63, 3.8) is 0 Å². The summed E-state index contributed by atoms with van der Waals surface area (Å²) < 4.78 is 63.9. The Bertz CT molecular complexity index is 1240. The average molecular weight is 567 g/mol. The van der Waals surface area contributed by atoms with Crippen molar-refractivity contribution < 1.29 is 26.4 Å². The minimum Gasteiger partial charge on any atom is -0.382 e. The number of rotatable bonds is 8. The molecule has 11 heteroatoms.